The fourth-order valence-electron chi connectivity index (χ4n) is 3.11. The average molecular weight is 405 g/mol. The Kier molecular flexibility index (Phi) is 5.73. The van der Waals surface area contributed by atoms with Crippen LogP contribution in [-0.4, -0.2) is 18.4 Å². The van der Waals surface area contributed by atoms with Crippen molar-refractivity contribution in [2.45, 2.75) is 19.6 Å². The van der Waals surface area contributed by atoms with Gasteiger partial charge in [-0.2, -0.15) is 0 Å². The van der Waals surface area contributed by atoms with Gasteiger partial charge in [-0.15, -0.1) is 12.4 Å². The SMILES string of the molecule is CC1=NC(c2ccccc2OCc2ccc(Cl)cc2)C2=C(COC2=O)N1.Cl. The number of benzene rings is 2. The number of amidine groups is 1. The monoisotopic (exact) mass is 404 g/mol. The molecule has 0 aliphatic carbocycles. The van der Waals surface area contributed by atoms with Crippen LogP contribution < -0.4 is 10.1 Å². The minimum Gasteiger partial charge on any atom is -0.489 e. The van der Waals surface area contributed by atoms with E-state index in [1.807, 2.05) is 55.5 Å². The highest BCUT2D eigenvalue weighted by atomic mass is 35.5. The Morgan fingerprint density at radius 3 is 2.74 bits per heavy atom. The van der Waals surface area contributed by atoms with Gasteiger partial charge in [0.25, 0.3) is 0 Å². The Hall–Kier alpha value is -2.50. The predicted octanol–water partition coefficient (Wildman–Crippen LogP) is 4.21. The summed E-state index contributed by atoms with van der Waals surface area (Å²) in [5, 5.41) is 3.81. The zero-order chi connectivity index (χ0) is 18.1. The lowest BCUT2D eigenvalue weighted by Crippen LogP contribution is -2.28. The van der Waals surface area contributed by atoms with E-state index in [0.717, 1.165) is 22.7 Å². The highest BCUT2D eigenvalue weighted by Crippen LogP contribution is 2.38. The van der Waals surface area contributed by atoms with Gasteiger partial charge in [-0.3, -0.25) is 4.99 Å². The predicted molar refractivity (Wildman–Crippen MR) is 106 cm³/mol. The van der Waals surface area contributed by atoms with Gasteiger partial charge in [-0.05, 0) is 30.7 Å². The third-order valence-electron chi connectivity index (χ3n) is 4.34. The Morgan fingerprint density at radius 1 is 1.22 bits per heavy atom. The van der Waals surface area contributed by atoms with Crippen molar-refractivity contribution in [2.24, 2.45) is 4.99 Å². The van der Waals surface area contributed by atoms with Crippen LogP contribution in [-0.2, 0) is 16.1 Å². The van der Waals surface area contributed by atoms with Gasteiger partial charge in [-0.25, -0.2) is 4.79 Å². The van der Waals surface area contributed by atoms with Crippen LogP contribution in [0.3, 0.4) is 0 Å². The first-order valence-electron chi connectivity index (χ1n) is 8.29. The zero-order valence-corrected chi connectivity index (χ0v) is 16.1. The molecule has 7 heteroatoms. The van der Waals surface area contributed by atoms with E-state index >= 15 is 0 Å². The van der Waals surface area contributed by atoms with E-state index in [2.05, 4.69) is 10.3 Å². The highest BCUT2D eigenvalue weighted by molar-refractivity contribution is 6.30. The van der Waals surface area contributed by atoms with Gasteiger partial charge < -0.3 is 14.8 Å². The van der Waals surface area contributed by atoms with Crippen LogP contribution in [0.5, 0.6) is 5.75 Å². The number of hydrogen-bond acceptors (Lipinski definition) is 5. The highest BCUT2D eigenvalue weighted by Gasteiger charge is 2.36. The molecule has 0 amide bonds. The Balaban J connectivity index is 0.00000210. The third-order valence-corrected chi connectivity index (χ3v) is 4.59. The number of halogens is 2. The van der Waals surface area contributed by atoms with Crippen molar-refractivity contribution in [3.05, 3.63) is 76.0 Å². The van der Waals surface area contributed by atoms with Crippen LogP contribution in [0, 0.1) is 0 Å². The number of nitrogens with zero attached hydrogens (tertiary/aromatic N) is 1. The standard InChI is InChI=1S/C20H17ClN2O3.ClH/c1-12-22-16-11-26-20(24)18(16)19(23-12)15-4-2-3-5-17(15)25-10-13-6-8-14(21)9-7-13;/h2-9,19H,10-11H2,1H3,(H,22,23);1H. The summed E-state index contributed by atoms with van der Waals surface area (Å²) in [4.78, 5) is 16.8. The zero-order valence-electron chi connectivity index (χ0n) is 14.6. The van der Waals surface area contributed by atoms with Gasteiger partial charge in [0.1, 0.15) is 25.0 Å². The molecule has 1 atom stereocenters. The summed E-state index contributed by atoms with van der Waals surface area (Å²) < 4.78 is 11.2. The maximum Gasteiger partial charge on any atom is 0.338 e. The van der Waals surface area contributed by atoms with Crippen LogP contribution in [0.4, 0.5) is 0 Å². The first-order valence-corrected chi connectivity index (χ1v) is 8.67. The first kappa shape index (κ1) is 19.3. The second-order valence-electron chi connectivity index (χ2n) is 6.16. The number of rotatable bonds is 4. The lowest BCUT2D eigenvalue weighted by atomic mass is 9.96. The molecule has 2 aromatic rings. The molecule has 0 saturated carbocycles. The van der Waals surface area contributed by atoms with Crippen molar-refractivity contribution in [3.8, 4) is 5.75 Å². The van der Waals surface area contributed by atoms with E-state index in [0.29, 0.717) is 23.0 Å². The number of esters is 1. The largest absolute Gasteiger partial charge is 0.489 e. The van der Waals surface area contributed by atoms with E-state index < -0.39 is 6.04 Å². The number of nitrogens with one attached hydrogen (secondary N) is 1. The van der Waals surface area contributed by atoms with Gasteiger partial charge in [0.15, 0.2) is 0 Å². The van der Waals surface area contributed by atoms with Gasteiger partial charge in [0, 0.05) is 10.6 Å². The second kappa shape index (κ2) is 8.03. The van der Waals surface area contributed by atoms with Crippen LogP contribution in [0.2, 0.25) is 5.02 Å². The van der Waals surface area contributed by atoms with Gasteiger partial charge in [0.2, 0.25) is 0 Å². The quantitative estimate of drug-likeness (QED) is 0.775. The molecule has 0 fully saturated rings. The molecule has 0 radical (unpaired) electrons. The molecule has 2 heterocycles. The van der Waals surface area contributed by atoms with Crippen LogP contribution in [0.25, 0.3) is 0 Å². The maximum atomic E-state index is 12.2. The topological polar surface area (TPSA) is 59.9 Å². The summed E-state index contributed by atoms with van der Waals surface area (Å²) >= 11 is 5.92. The van der Waals surface area contributed by atoms with E-state index in [1.54, 1.807) is 0 Å². The van der Waals surface area contributed by atoms with Crippen LogP contribution >= 0.6 is 24.0 Å². The van der Waals surface area contributed by atoms with Crippen molar-refractivity contribution >= 4 is 35.8 Å². The molecule has 5 nitrogen and oxygen atoms in total. The van der Waals surface area contributed by atoms with Crippen molar-refractivity contribution in [3.63, 3.8) is 0 Å². The summed E-state index contributed by atoms with van der Waals surface area (Å²) in [5.74, 6) is 1.11. The molecule has 140 valence electrons. The van der Waals surface area contributed by atoms with Crippen molar-refractivity contribution in [1.82, 2.24) is 5.32 Å². The Morgan fingerprint density at radius 2 is 1.96 bits per heavy atom. The first-order chi connectivity index (χ1) is 12.6. The smallest absolute Gasteiger partial charge is 0.338 e. The number of para-hydroxylation sites is 1. The molecule has 4 rings (SSSR count). The minimum absolute atomic E-state index is 0. The number of ether oxygens (including phenoxy) is 2. The lowest BCUT2D eigenvalue weighted by Gasteiger charge is -2.23. The van der Waals surface area contributed by atoms with Gasteiger partial charge in [-0.1, -0.05) is 41.9 Å². The molecule has 2 aliphatic rings. The number of aliphatic imine (C=N–C) groups is 1. The molecule has 2 aromatic carbocycles. The molecule has 1 N–H and O–H groups in total. The maximum absolute atomic E-state index is 12.2. The van der Waals surface area contributed by atoms with Crippen molar-refractivity contribution in [2.75, 3.05) is 6.61 Å². The molecular formula is C20H18Cl2N2O3. The summed E-state index contributed by atoms with van der Waals surface area (Å²) in [6, 6.07) is 14.7. The van der Waals surface area contributed by atoms with Crippen LogP contribution in [0.15, 0.2) is 64.8 Å². The molecule has 0 bridgehead atoms. The summed E-state index contributed by atoms with van der Waals surface area (Å²) in [7, 11) is 0. The third kappa shape index (κ3) is 3.94. The lowest BCUT2D eigenvalue weighted by molar-refractivity contribution is -0.136. The fraction of sp³-hybridized carbons (Fsp3) is 0.200. The molecule has 2 aliphatic heterocycles. The summed E-state index contributed by atoms with van der Waals surface area (Å²) in [5.41, 5.74) is 3.18. The van der Waals surface area contributed by atoms with E-state index in [-0.39, 0.29) is 25.0 Å². The molecule has 27 heavy (non-hydrogen) atoms. The minimum atomic E-state index is -0.428. The van der Waals surface area contributed by atoms with Gasteiger partial charge in [0.05, 0.1) is 17.1 Å². The van der Waals surface area contributed by atoms with E-state index in [4.69, 9.17) is 21.1 Å². The second-order valence-corrected chi connectivity index (χ2v) is 6.60. The van der Waals surface area contributed by atoms with E-state index in [9.17, 15) is 4.79 Å². The number of hydrogen-bond donors (Lipinski definition) is 1. The Bertz CT molecular complexity index is 923. The number of carbonyl (C=O) groups is 1. The number of cyclic esters (lactones) is 1. The molecule has 1 unspecified atom stereocenters. The van der Waals surface area contributed by atoms with E-state index in [1.165, 1.54) is 0 Å². The average Bonchev–Trinajstić information content (AvgIpc) is 3.01. The van der Waals surface area contributed by atoms with Crippen molar-refractivity contribution in [1.29, 1.82) is 0 Å². The van der Waals surface area contributed by atoms with Crippen LogP contribution in [0.1, 0.15) is 24.1 Å². The summed E-state index contributed by atoms with van der Waals surface area (Å²) in [6.45, 7) is 2.53. The molecule has 0 saturated heterocycles. The fourth-order valence-corrected chi connectivity index (χ4v) is 3.24. The number of carbonyl (C=O) groups excluding carboxylic acids is 1. The van der Waals surface area contributed by atoms with Gasteiger partial charge >= 0.3 is 5.97 Å². The van der Waals surface area contributed by atoms with Crippen molar-refractivity contribution < 1.29 is 14.3 Å². The molecule has 0 spiro atoms. The molecule has 0 aromatic heterocycles. The normalized spacial score (nSPS) is 18.1. The Labute approximate surface area is 168 Å². The summed E-state index contributed by atoms with van der Waals surface area (Å²) in [6.07, 6.45) is 0. The molecular weight excluding hydrogens is 387 g/mol.